The lowest BCUT2D eigenvalue weighted by atomic mass is 9.95. The molecule has 172 valence electrons. The van der Waals surface area contributed by atoms with Crippen molar-refractivity contribution in [3.63, 3.8) is 0 Å². The van der Waals surface area contributed by atoms with Crippen molar-refractivity contribution in [1.82, 2.24) is 9.80 Å². The number of nitrogens with zero attached hydrogens (tertiary/aromatic N) is 2. The Balaban J connectivity index is 1.46. The van der Waals surface area contributed by atoms with Gasteiger partial charge in [0.25, 0.3) is 5.91 Å². The van der Waals surface area contributed by atoms with Gasteiger partial charge in [0.2, 0.25) is 0 Å². The molecule has 6 heteroatoms. The number of aryl methyl sites for hydroxylation is 2. The summed E-state index contributed by atoms with van der Waals surface area (Å²) < 4.78 is 0. The molecule has 0 radical (unpaired) electrons. The molecule has 33 heavy (non-hydrogen) atoms. The van der Waals surface area contributed by atoms with E-state index >= 15 is 0 Å². The third kappa shape index (κ3) is 5.17. The van der Waals surface area contributed by atoms with E-state index in [2.05, 4.69) is 47.6 Å². The van der Waals surface area contributed by atoms with E-state index in [1.807, 2.05) is 36.9 Å². The summed E-state index contributed by atoms with van der Waals surface area (Å²) in [6.07, 6.45) is 6.30. The number of benzene rings is 2. The Bertz CT molecular complexity index is 1150. The molecule has 0 spiro atoms. The third-order valence-corrected chi connectivity index (χ3v) is 6.65. The molecule has 0 aliphatic carbocycles. The predicted octanol–water partition coefficient (Wildman–Crippen LogP) is 4.26. The Hall–Kier alpha value is -3.38. The lowest BCUT2D eigenvalue weighted by Crippen LogP contribution is -2.39. The second-order valence-corrected chi connectivity index (χ2v) is 9.07. The molecule has 0 fully saturated rings. The van der Waals surface area contributed by atoms with Crippen molar-refractivity contribution < 1.29 is 4.79 Å². The van der Waals surface area contributed by atoms with Gasteiger partial charge in [-0.05, 0) is 85.3 Å². The maximum atomic E-state index is 13.0. The van der Waals surface area contributed by atoms with Gasteiger partial charge < -0.3 is 20.9 Å². The van der Waals surface area contributed by atoms with Crippen molar-refractivity contribution in [2.24, 2.45) is 5.73 Å². The molecule has 0 unspecified atom stereocenters. The van der Waals surface area contributed by atoms with Crippen LogP contribution < -0.4 is 11.1 Å². The number of amides is 1. The monoisotopic (exact) mass is 443 g/mol. The van der Waals surface area contributed by atoms with Crippen molar-refractivity contribution in [3.05, 3.63) is 76.4 Å². The summed E-state index contributed by atoms with van der Waals surface area (Å²) in [5.74, 6) is 0.0219. The molecular formula is C27H33N5O. The summed E-state index contributed by atoms with van der Waals surface area (Å²) >= 11 is 0. The highest BCUT2D eigenvalue weighted by molar-refractivity contribution is 6.06. The van der Waals surface area contributed by atoms with Crippen LogP contribution in [0.15, 0.2) is 48.6 Å². The quantitative estimate of drug-likeness (QED) is 0.487. The maximum absolute atomic E-state index is 13.0. The largest absolute Gasteiger partial charge is 0.370 e. The topological polar surface area (TPSA) is 85.5 Å². The van der Waals surface area contributed by atoms with Crippen molar-refractivity contribution in [1.29, 1.82) is 5.41 Å². The summed E-state index contributed by atoms with van der Waals surface area (Å²) in [4.78, 5) is 17.2. The average molecular weight is 444 g/mol. The van der Waals surface area contributed by atoms with Gasteiger partial charge in [0.1, 0.15) is 0 Å². The molecule has 0 atom stereocenters. The first-order valence-corrected chi connectivity index (χ1v) is 11.5. The molecule has 2 heterocycles. The number of anilines is 1. The van der Waals surface area contributed by atoms with E-state index in [0.29, 0.717) is 12.1 Å². The van der Waals surface area contributed by atoms with Crippen molar-refractivity contribution in [2.45, 2.75) is 26.7 Å². The van der Waals surface area contributed by atoms with Gasteiger partial charge in [-0.15, -0.1) is 0 Å². The van der Waals surface area contributed by atoms with Gasteiger partial charge in [-0.2, -0.15) is 0 Å². The summed E-state index contributed by atoms with van der Waals surface area (Å²) in [6.45, 7) is 7.47. The van der Waals surface area contributed by atoms with Crippen LogP contribution in [0.4, 0.5) is 5.69 Å². The Morgan fingerprint density at radius 1 is 0.939 bits per heavy atom. The molecule has 1 amide bonds. The van der Waals surface area contributed by atoms with E-state index in [-0.39, 0.29) is 11.9 Å². The minimum atomic E-state index is -0.0891. The summed E-state index contributed by atoms with van der Waals surface area (Å²) in [6, 6.07) is 12.3. The van der Waals surface area contributed by atoms with E-state index < -0.39 is 0 Å². The number of hydrogen-bond donors (Lipinski definition) is 3. The fraction of sp³-hybridized carbons (Fsp3) is 0.333. The number of carbonyl (C=O) groups is 1. The minimum absolute atomic E-state index is 0.0891. The number of nitrogens with two attached hydrogens (primary N) is 1. The highest BCUT2D eigenvalue weighted by Gasteiger charge is 2.17. The molecule has 2 aliphatic rings. The molecule has 2 aromatic carbocycles. The number of hydrogen-bond acceptors (Lipinski definition) is 3. The number of likely N-dealkylation sites (N-methyl/N-ethyl adjacent to an activating group) is 1. The smallest absolute Gasteiger partial charge is 0.255 e. The van der Waals surface area contributed by atoms with Gasteiger partial charge >= 0.3 is 0 Å². The molecule has 4 rings (SSSR count). The summed E-state index contributed by atoms with van der Waals surface area (Å²) in [5, 5.41) is 10.7. The fourth-order valence-corrected chi connectivity index (χ4v) is 4.49. The Labute approximate surface area is 196 Å². The second kappa shape index (κ2) is 9.63. The lowest BCUT2D eigenvalue weighted by Gasteiger charge is -2.26. The molecule has 0 saturated heterocycles. The second-order valence-electron chi connectivity index (χ2n) is 9.07. The normalized spacial score (nSPS) is 16.8. The van der Waals surface area contributed by atoms with Crippen molar-refractivity contribution in [2.75, 3.05) is 38.5 Å². The Kier molecular flexibility index (Phi) is 6.65. The maximum Gasteiger partial charge on any atom is 0.255 e. The molecular weight excluding hydrogens is 410 g/mol. The Morgan fingerprint density at radius 2 is 1.58 bits per heavy atom. The molecule has 6 nitrogen and oxygen atoms in total. The van der Waals surface area contributed by atoms with Crippen LogP contribution in [0.2, 0.25) is 0 Å². The number of carbonyl (C=O) groups excluding carboxylic acids is 1. The highest BCUT2D eigenvalue weighted by Crippen LogP contribution is 2.28. The predicted molar refractivity (Wildman–Crippen MR) is 136 cm³/mol. The molecule has 0 saturated carbocycles. The van der Waals surface area contributed by atoms with Crippen LogP contribution in [0.25, 0.3) is 11.1 Å². The molecule has 0 bridgehead atoms. The van der Waals surface area contributed by atoms with Gasteiger partial charge in [-0.25, -0.2) is 0 Å². The zero-order valence-electron chi connectivity index (χ0n) is 19.7. The molecule has 0 aromatic heterocycles. The first kappa shape index (κ1) is 22.8. The van der Waals surface area contributed by atoms with E-state index in [1.165, 1.54) is 16.7 Å². The number of rotatable bonds is 4. The SMILES string of the molecule is Cc1cc(C2=CCN(C)CC2)ccc1NC(=O)c1ccc(C2=CCN(C(=N)N)CC2)cc1C. The first-order chi connectivity index (χ1) is 15.8. The number of guanidine groups is 1. The Morgan fingerprint density at radius 3 is 2.12 bits per heavy atom. The van der Waals surface area contributed by atoms with Crippen LogP contribution in [0.3, 0.4) is 0 Å². The van der Waals surface area contributed by atoms with Crippen molar-refractivity contribution >= 4 is 28.7 Å². The molecule has 2 aromatic rings. The van der Waals surface area contributed by atoms with Gasteiger partial charge in [0, 0.05) is 37.4 Å². The molecule has 4 N–H and O–H groups in total. The van der Waals surface area contributed by atoms with Gasteiger partial charge in [0.05, 0.1) is 0 Å². The fourth-order valence-electron chi connectivity index (χ4n) is 4.49. The zero-order valence-corrected chi connectivity index (χ0v) is 19.7. The molecule has 2 aliphatic heterocycles. The summed E-state index contributed by atoms with van der Waals surface area (Å²) in [5.41, 5.74) is 14.1. The van der Waals surface area contributed by atoms with Crippen LogP contribution in [-0.2, 0) is 0 Å². The zero-order chi connectivity index (χ0) is 23.5. The van der Waals surface area contributed by atoms with E-state index in [0.717, 1.165) is 54.9 Å². The average Bonchev–Trinajstić information content (AvgIpc) is 2.81. The van der Waals surface area contributed by atoms with Crippen LogP contribution in [0, 0.1) is 19.3 Å². The first-order valence-electron chi connectivity index (χ1n) is 11.5. The van der Waals surface area contributed by atoms with E-state index in [1.54, 1.807) is 0 Å². The number of nitrogens with one attached hydrogen (secondary N) is 2. The summed E-state index contributed by atoms with van der Waals surface area (Å²) in [7, 11) is 2.14. The lowest BCUT2D eigenvalue weighted by molar-refractivity contribution is 0.102. The van der Waals surface area contributed by atoms with Gasteiger partial charge in [-0.1, -0.05) is 30.4 Å². The van der Waals surface area contributed by atoms with E-state index in [4.69, 9.17) is 11.1 Å². The van der Waals surface area contributed by atoms with E-state index in [9.17, 15) is 4.79 Å². The highest BCUT2D eigenvalue weighted by atomic mass is 16.1. The van der Waals surface area contributed by atoms with Crippen LogP contribution in [0.1, 0.15) is 45.5 Å². The third-order valence-electron chi connectivity index (χ3n) is 6.65. The van der Waals surface area contributed by atoms with Crippen LogP contribution >= 0.6 is 0 Å². The van der Waals surface area contributed by atoms with Crippen LogP contribution in [0.5, 0.6) is 0 Å². The van der Waals surface area contributed by atoms with Gasteiger partial charge in [-0.3, -0.25) is 10.2 Å². The minimum Gasteiger partial charge on any atom is -0.370 e. The standard InChI is InChI=1S/C27H33N5O/c1-18-16-22(21-10-14-32(15-11-21)27(28)29)4-6-24(18)26(33)30-25-7-5-23(17-19(25)2)20-8-12-31(3)13-9-20/h4-8,10,16-17H,9,11-15H2,1-3H3,(H3,28,29)(H,30,33). The van der Waals surface area contributed by atoms with Crippen molar-refractivity contribution in [3.8, 4) is 0 Å². The van der Waals surface area contributed by atoms with Crippen LogP contribution in [-0.4, -0.2) is 54.9 Å². The van der Waals surface area contributed by atoms with Gasteiger partial charge in [0.15, 0.2) is 5.96 Å².